The number of phenols is 1. The molecule has 2 heterocycles. The van der Waals surface area contributed by atoms with Crippen molar-refractivity contribution in [3.05, 3.63) is 36.4 Å². The SMILES string of the molecule is CSc1ncc(F)c(-c2ccc(-c3ncc(N(C4CC4)[C@@H]4C[C@@]5(C)CCC[C@](C)(C5)[C@@H]4F)nn3)c(O)c2)n1. The largest absolute Gasteiger partial charge is 0.507 e. The molecule has 4 atom stereocenters. The number of hydrogen-bond acceptors (Lipinski definition) is 8. The van der Waals surface area contributed by atoms with E-state index in [4.69, 9.17) is 0 Å². The summed E-state index contributed by atoms with van der Waals surface area (Å²) in [7, 11) is 0. The number of alkyl halides is 1. The minimum Gasteiger partial charge on any atom is -0.507 e. The van der Waals surface area contributed by atoms with Crippen molar-refractivity contribution in [1.82, 2.24) is 25.1 Å². The molecule has 1 aromatic carbocycles. The van der Waals surface area contributed by atoms with E-state index >= 15 is 4.39 Å². The quantitative estimate of drug-likeness (QED) is 0.292. The minimum absolute atomic E-state index is 0.107. The molecule has 0 aliphatic heterocycles. The van der Waals surface area contributed by atoms with Gasteiger partial charge >= 0.3 is 0 Å². The van der Waals surface area contributed by atoms with Crippen molar-refractivity contribution in [2.45, 2.75) is 82.2 Å². The molecule has 10 heteroatoms. The van der Waals surface area contributed by atoms with Gasteiger partial charge in [-0.15, -0.1) is 10.2 Å². The van der Waals surface area contributed by atoms with Gasteiger partial charge in [0, 0.05) is 17.0 Å². The first-order valence-corrected chi connectivity index (χ1v) is 14.4. The fourth-order valence-electron chi connectivity index (χ4n) is 6.80. The van der Waals surface area contributed by atoms with E-state index in [1.54, 1.807) is 18.3 Å². The number of rotatable bonds is 6. The van der Waals surface area contributed by atoms with Crippen molar-refractivity contribution in [1.29, 1.82) is 0 Å². The number of phenolic OH excluding ortho intramolecular Hbond substituents is 1. The first kappa shape index (κ1) is 25.4. The van der Waals surface area contributed by atoms with Gasteiger partial charge in [-0.2, -0.15) is 0 Å². The van der Waals surface area contributed by atoms with Crippen LogP contribution in [0.5, 0.6) is 5.75 Å². The van der Waals surface area contributed by atoms with Gasteiger partial charge < -0.3 is 10.0 Å². The molecule has 0 radical (unpaired) electrons. The summed E-state index contributed by atoms with van der Waals surface area (Å²) in [5.41, 5.74) is 0.741. The molecule has 3 aliphatic carbocycles. The fourth-order valence-corrected chi connectivity index (χ4v) is 7.14. The molecule has 2 bridgehead atoms. The van der Waals surface area contributed by atoms with Crippen LogP contribution in [0.3, 0.4) is 0 Å². The van der Waals surface area contributed by atoms with E-state index in [0.29, 0.717) is 22.1 Å². The molecule has 0 saturated heterocycles. The average Bonchev–Trinajstić information content (AvgIpc) is 3.73. The first-order valence-electron chi connectivity index (χ1n) is 13.2. The van der Waals surface area contributed by atoms with Crippen LogP contribution >= 0.6 is 11.8 Å². The van der Waals surface area contributed by atoms with E-state index < -0.39 is 12.0 Å². The van der Waals surface area contributed by atoms with Gasteiger partial charge in [0.15, 0.2) is 22.6 Å². The maximum absolute atomic E-state index is 16.1. The second-order valence-electron chi connectivity index (χ2n) is 11.7. The van der Waals surface area contributed by atoms with Crippen LogP contribution in [0.1, 0.15) is 58.8 Å². The molecular weight excluding hydrogens is 506 g/mol. The van der Waals surface area contributed by atoms with Crippen LogP contribution in [0.25, 0.3) is 22.6 Å². The maximum Gasteiger partial charge on any atom is 0.187 e. The topological polar surface area (TPSA) is 87.9 Å². The number of thioether (sulfide) groups is 1. The standard InChI is InChI=1S/C28H32F2N6OS/c1-27-9-4-10-28(2,15-27)24(30)20(12-27)36(17-6-7-17)22-14-31-25(35-34-22)18-8-5-16(11-21(18)37)23-19(29)13-32-26(33-23)38-3/h5,8,11,13-14,17,20,24,37H,4,6-7,9-10,12,15H2,1-3H3/t20-,24-,27-,28-/m1/s1. The molecular formula is C28H32F2N6OS. The maximum atomic E-state index is 16.1. The summed E-state index contributed by atoms with van der Waals surface area (Å²) in [4.78, 5) is 14.8. The monoisotopic (exact) mass is 538 g/mol. The number of benzene rings is 1. The van der Waals surface area contributed by atoms with Crippen LogP contribution in [0, 0.1) is 16.6 Å². The Morgan fingerprint density at radius 1 is 1.11 bits per heavy atom. The summed E-state index contributed by atoms with van der Waals surface area (Å²) in [6, 6.07) is 4.74. The number of halogens is 2. The Morgan fingerprint density at radius 3 is 2.61 bits per heavy atom. The Morgan fingerprint density at radius 2 is 1.92 bits per heavy atom. The lowest BCUT2D eigenvalue weighted by Gasteiger charge is -2.56. The van der Waals surface area contributed by atoms with Gasteiger partial charge in [-0.05, 0) is 62.3 Å². The van der Waals surface area contributed by atoms with Crippen molar-refractivity contribution in [2.24, 2.45) is 10.8 Å². The normalized spacial score (nSPS) is 28.8. The van der Waals surface area contributed by atoms with E-state index in [9.17, 15) is 9.50 Å². The highest BCUT2D eigenvalue weighted by Crippen LogP contribution is 2.58. The number of anilines is 1. The molecule has 3 aromatic rings. The summed E-state index contributed by atoms with van der Waals surface area (Å²) in [6.45, 7) is 4.42. The molecule has 0 amide bonds. The molecule has 0 unspecified atom stereocenters. The lowest BCUT2D eigenvalue weighted by molar-refractivity contribution is -0.0554. The number of nitrogens with zero attached hydrogens (tertiary/aromatic N) is 6. The molecule has 3 fully saturated rings. The third-order valence-corrected chi connectivity index (χ3v) is 9.15. The van der Waals surface area contributed by atoms with Gasteiger partial charge in [0.1, 0.15) is 17.6 Å². The van der Waals surface area contributed by atoms with Crippen LogP contribution in [-0.4, -0.2) is 54.8 Å². The van der Waals surface area contributed by atoms with Gasteiger partial charge in [-0.1, -0.05) is 38.1 Å². The first-order chi connectivity index (χ1) is 18.2. The van der Waals surface area contributed by atoms with Gasteiger partial charge in [0.25, 0.3) is 0 Å². The predicted octanol–water partition coefficient (Wildman–Crippen LogP) is 6.23. The Balaban J connectivity index is 1.28. The molecule has 3 saturated carbocycles. The Kier molecular flexibility index (Phi) is 6.28. The number of aromatic hydroxyl groups is 1. The van der Waals surface area contributed by atoms with Crippen LogP contribution in [0.2, 0.25) is 0 Å². The van der Waals surface area contributed by atoms with Gasteiger partial charge in [-0.3, -0.25) is 0 Å². The molecule has 200 valence electrons. The smallest absolute Gasteiger partial charge is 0.187 e. The summed E-state index contributed by atoms with van der Waals surface area (Å²) in [6.07, 6.45) is 10.6. The lowest BCUT2D eigenvalue weighted by Crippen LogP contribution is -2.58. The van der Waals surface area contributed by atoms with Crippen molar-refractivity contribution in [3.8, 4) is 28.4 Å². The third kappa shape index (κ3) is 4.50. The zero-order valence-electron chi connectivity index (χ0n) is 21.9. The summed E-state index contributed by atoms with van der Waals surface area (Å²) >= 11 is 1.31. The molecule has 0 spiro atoms. The lowest BCUT2D eigenvalue weighted by atomic mass is 9.54. The van der Waals surface area contributed by atoms with Crippen LogP contribution in [0.15, 0.2) is 35.7 Å². The number of hydrogen-bond donors (Lipinski definition) is 1. The predicted molar refractivity (Wildman–Crippen MR) is 143 cm³/mol. The molecule has 2 aromatic heterocycles. The Labute approximate surface area is 225 Å². The molecule has 3 aliphatic rings. The minimum atomic E-state index is -0.927. The van der Waals surface area contributed by atoms with Gasteiger partial charge in [0.2, 0.25) is 0 Å². The van der Waals surface area contributed by atoms with Crippen molar-refractivity contribution >= 4 is 17.6 Å². The molecule has 6 rings (SSSR count). The third-order valence-electron chi connectivity index (χ3n) is 8.59. The summed E-state index contributed by atoms with van der Waals surface area (Å²) in [5.74, 6) is 0.153. The Hall–Kier alpha value is -2.88. The van der Waals surface area contributed by atoms with Crippen LogP contribution in [0.4, 0.5) is 14.6 Å². The van der Waals surface area contributed by atoms with E-state index in [1.807, 2.05) is 6.26 Å². The van der Waals surface area contributed by atoms with Crippen molar-refractivity contribution in [2.75, 3.05) is 11.2 Å². The second-order valence-corrected chi connectivity index (χ2v) is 12.5. The average molecular weight is 539 g/mol. The molecule has 38 heavy (non-hydrogen) atoms. The van der Waals surface area contributed by atoms with Crippen LogP contribution < -0.4 is 4.90 Å². The van der Waals surface area contributed by atoms with E-state index in [2.05, 4.69) is 43.9 Å². The highest BCUT2D eigenvalue weighted by Gasteiger charge is 2.56. The zero-order chi connectivity index (χ0) is 26.7. The number of aromatic nitrogens is 5. The molecule has 1 N–H and O–H groups in total. The number of fused-ring (bicyclic) bond motifs is 2. The van der Waals surface area contributed by atoms with E-state index in [-0.39, 0.29) is 40.2 Å². The van der Waals surface area contributed by atoms with Crippen molar-refractivity contribution < 1.29 is 13.9 Å². The van der Waals surface area contributed by atoms with Gasteiger partial charge in [0.05, 0.1) is 24.0 Å². The second kappa shape index (κ2) is 9.39. The van der Waals surface area contributed by atoms with Crippen LogP contribution in [-0.2, 0) is 0 Å². The van der Waals surface area contributed by atoms with Crippen molar-refractivity contribution in [3.63, 3.8) is 0 Å². The fraction of sp³-hybridized carbons (Fsp3) is 0.536. The van der Waals surface area contributed by atoms with E-state index in [1.165, 1.54) is 17.8 Å². The summed E-state index contributed by atoms with van der Waals surface area (Å²) < 4.78 is 30.4. The highest BCUT2D eigenvalue weighted by atomic mass is 32.2. The van der Waals surface area contributed by atoms with Gasteiger partial charge in [-0.25, -0.2) is 23.7 Å². The Bertz CT molecular complexity index is 1360. The zero-order valence-corrected chi connectivity index (χ0v) is 22.7. The summed E-state index contributed by atoms with van der Waals surface area (Å²) in [5, 5.41) is 20.0. The molecule has 7 nitrogen and oxygen atoms in total. The van der Waals surface area contributed by atoms with E-state index in [0.717, 1.165) is 51.1 Å². The highest BCUT2D eigenvalue weighted by molar-refractivity contribution is 7.98.